The summed E-state index contributed by atoms with van der Waals surface area (Å²) in [7, 11) is 4.23. The Morgan fingerprint density at radius 3 is 2.40 bits per heavy atom. The molecule has 0 aromatic heterocycles. The average Bonchev–Trinajstić information content (AvgIpc) is 2.41. The molecule has 0 aromatic carbocycles. The van der Waals surface area contributed by atoms with Gasteiger partial charge in [0.1, 0.15) is 5.60 Å². The molecule has 0 spiro atoms. The summed E-state index contributed by atoms with van der Waals surface area (Å²) in [5.41, 5.74) is -1.11. The van der Waals surface area contributed by atoms with Gasteiger partial charge in [-0.05, 0) is 70.0 Å². The molecule has 20 heavy (non-hydrogen) atoms. The molecule has 0 aromatic rings. The first-order valence-electron chi connectivity index (χ1n) is 7.75. The van der Waals surface area contributed by atoms with Crippen molar-refractivity contribution >= 4 is 17.7 Å². The van der Waals surface area contributed by atoms with Crippen LogP contribution >= 0.6 is 11.8 Å². The molecular formula is C15H28N2O2S. The van der Waals surface area contributed by atoms with Gasteiger partial charge in [-0.1, -0.05) is 0 Å². The van der Waals surface area contributed by atoms with Crippen LogP contribution in [0.25, 0.3) is 0 Å². The van der Waals surface area contributed by atoms with Crippen LogP contribution in [0.5, 0.6) is 0 Å². The Morgan fingerprint density at radius 1 is 1.25 bits per heavy atom. The van der Waals surface area contributed by atoms with Crippen molar-refractivity contribution in [2.75, 3.05) is 32.1 Å². The molecular weight excluding hydrogens is 272 g/mol. The third kappa shape index (κ3) is 4.37. The van der Waals surface area contributed by atoms with Gasteiger partial charge in [0.05, 0.1) is 0 Å². The highest BCUT2D eigenvalue weighted by molar-refractivity contribution is 7.99. The molecule has 0 radical (unpaired) electrons. The fourth-order valence-corrected chi connectivity index (χ4v) is 4.43. The minimum absolute atomic E-state index is 0.131. The van der Waals surface area contributed by atoms with Crippen LogP contribution in [0.1, 0.15) is 38.5 Å². The SMILES string of the molecule is CN(C)CC1CCC(NC(=O)C2(O)CCSCC2)CC1. The van der Waals surface area contributed by atoms with E-state index in [2.05, 4.69) is 24.3 Å². The van der Waals surface area contributed by atoms with E-state index in [9.17, 15) is 9.90 Å². The minimum Gasteiger partial charge on any atom is -0.380 e. The van der Waals surface area contributed by atoms with Crippen molar-refractivity contribution in [1.29, 1.82) is 0 Å². The third-order valence-corrected chi connectivity index (χ3v) is 5.53. The van der Waals surface area contributed by atoms with Gasteiger partial charge in [-0.2, -0.15) is 11.8 Å². The summed E-state index contributed by atoms with van der Waals surface area (Å²) in [4.78, 5) is 14.5. The van der Waals surface area contributed by atoms with E-state index in [4.69, 9.17) is 0 Å². The standard InChI is InChI=1S/C15H28N2O2S/c1-17(2)11-12-3-5-13(6-4-12)16-14(18)15(19)7-9-20-10-8-15/h12-13,19H,3-11H2,1-2H3,(H,16,18). The molecule has 1 aliphatic carbocycles. The van der Waals surface area contributed by atoms with Gasteiger partial charge in [-0.25, -0.2) is 0 Å². The van der Waals surface area contributed by atoms with E-state index < -0.39 is 5.60 Å². The highest BCUT2D eigenvalue weighted by Crippen LogP contribution is 2.29. The Balaban J connectivity index is 1.76. The predicted octanol–water partition coefficient (Wildman–Crippen LogP) is 1.48. The fourth-order valence-electron chi connectivity index (χ4n) is 3.26. The predicted molar refractivity (Wildman–Crippen MR) is 84.0 cm³/mol. The number of nitrogens with one attached hydrogen (secondary N) is 1. The highest BCUT2D eigenvalue weighted by atomic mass is 32.2. The Bertz CT molecular complexity index is 322. The molecule has 116 valence electrons. The van der Waals surface area contributed by atoms with Gasteiger partial charge >= 0.3 is 0 Å². The van der Waals surface area contributed by atoms with Crippen LogP contribution in [0.3, 0.4) is 0 Å². The number of amides is 1. The molecule has 2 aliphatic rings. The molecule has 1 saturated carbocycles. The second kappa shape index (κ2) is 7.14. The molecule has 0 bridgehead atoms. The largest absolute Gasteiger partial charge is 0.380 e. The zero-order chi connectivity index (χ0) is 14.6. The second-order valence-electron chi connectivity index (χ2n) is 6.60. The van der Waals surface area contributed by atoms with Gasteiger partial charge in [0.25, 0.3) is 5.91 Å². The van der Waals surface area contributed by atoms with E-state index in [1.807, 2.05) is 11.8 Å². The number of rotatable bonds is 4. The molecule has 2 rings (SSSR count). The minimum atomic E-state index is -1.11. The van der Waals surface area contributed by atoms with Gasteiger partial charge in [0.15, 0.2) is 0 Å². The topological polar surface area (TPSA) is 52.6 Å². The monoisotopic (exact) mass is 300 g/mol. The zero-order valence-electron chi connectivity index (χ0n) is 12.7. The maximum atomic E-state index is 12.3. The summed E-state index contributed by atoms with van der Waals surface area (Å²) < 4.78 is 0. The van der Waals surface area contributed by atoms with Gasteiger partial charge in [-0.3, -0.25) is 4.79 Å². The van der Waals surface area contributed by atoms with Crippen LogP contribution in [0, 0.1) is 5.92 Å². The van der Waals surface area contributed by atoms with Crippen molar-refractivity contribution in [3.63, 3.8) is 0 Å². The summed E-state index contributed by atoms with van der Waals surface area (Å²) in [5.74, 6) is 2.40. The summed E-state index contributed by atoms with van der Waals surface area (Å²) >= 11 is 1.82. The zero-order valence-corrected chi connectivity index (χ0v) is 13.5. The first-order chi connectivity index (χ1) is 9.49. The number of hydrogen-bond acceptors (Lipinski definition) is 4. The van der Waals surface area contributed by atoms with Crippen molar-refractivity contribution < 1.29 is 9.90 Å². The Hall–Kier alpha value is -0.260. The van der Waals surface area contributed by atoms with Gasteiger partial charge in [0.2, 0.25) is 0 Å². The molecule has 5 heteroatoms. The van der Waals surface area contributed by atoms with Crippen LogP contribution in [0.2, 0.25) is 0 Å². The normalized spacial score (nSPS) is 30.2. The summed E-state index contributed by atoms with van der Waals surface area (Å²) in [6.07, 6.45) is 5.65. The van der Waals surface area contributed by atoms with Crippen molar-refractivity contribution in [3.05, 3.63) is 0 Å². The molecule has 4 nitrogen and oxygen atoms in total. The van der Waals surface area contributed by atoms with E-state index >= 15 is 0 Å². The smallest absolute Gasteiger partial charge is 0.252 e. The lowest BCUT2D eigenvalue weighted by Crippen LogP contribution is -2.52. The maximum absolute atomic E-state index is 12.3. The Kier molecular flexibility index (Phi) is 5.75. The van der Waals surface area contributed by atoms with Crippen LogP contribution in [-0.2, 0) is 4.79 Å². The van der Waals surface area contributed by atoms with Gasteiger partial charge in [-0.15, -0.1) is 0 Å². The average molecular weight is 300 g/mol. The molecule has 1 amide bonds. The Labute approximate surface area is 126 Å². The van der Waals surface area contributed by atoms with E-state index in [1.165, 1.54) is 12.8 Å². The van der Waals surface area contributed by atoms with Crippen LogP contribution in [-0.4, -0.2) is 59.7 Å². The fraction of sp³-hybridized carbons (Fsp3) is 0.933. The Morgan fingerprint density at radius 2 is 1.85 bits per heavy atom. The van der Waals surface area contributed by atoms with Gasteiger partial charge in [0, 0.05) is 12.6 Å². The van der Waals surface area contributed by atoms with Crippen LogP contribution < -0.4 is 5.32 Å². The van der Waals surface area contributed by atoms with Crippen molar-refractivity contribution in [2.24, 2.45) is 5.92 Å². The second-order valence-corrected chi connectivity index (χ2v) is 7.82. The molecule has 0 unspecified atom stereocenters. The van der Waals surface area contributed by atoms with Crippen molar-refractivity contribution in [2.45, 2.75) is 50.2 Å². The van der Waals surface area contributed by atoms with E-state index in [1.54, 1.807) is 0 Å². The number of carbonyl (C=O) groups is 1. The van der Waals surface area contributed by atoms with Gasteiger partial charge < -0.3 is 15.3 Å². The number of hydrogen-bond donors (Lipinski definition) is 2. The number of aliphatic hydroxyl groups is 1. The summed E-state index contributed by atoms with van der Waals surface area (Å²) in [6.45, 7) is 1.14. The first kappa shape index (κ1) is 16.1. The summed E-state index contributed by atoms with van der Waals surface area (Å²) in [5, 5.41) is 13.5. The maximum Gasteiger partial charge on any atom is 0.252 e. The molecule has 1 aliphatic heterocycles. The number of thioether (sulfide) groups is 1. The molecule has 1 heterocycles. The lowest BCUT2D eigenvalue weighted by Gasteiger charge is -2.35. The lowest BCUT2D eigenvalue weighted by atomic mass is 9.85. The highest BCUT2D eigenvalue weighted by Gasteiger charge is 2.38. The first-order valence-corrected chi connectivity index (χ1v) is 8.91. The molecule has 2 fully saturated rings. The van der Waals surface area contributed by atoms with E-state index in [-0.39, 0.29) is 11.9 Å². The van der Waals surface area contributed by atoms with Crippen LogP contribution in [0.15, 0.2) is 0 Å². The summed E-state index contributed by atoms with van der Waals surface area (Å²) in [6, 6.07) is 0.263. The van der Waals surface area contributed by atoms with Crippen molar-refractivity contribution in [1.82, 2.24) is 10.2 Å². The van der Waals surface area contributed by atoms with Crippen LogP contribution in [0.4, 0.5) is 0 Å². The molecule has 2 N–H and O–H groups in total. The number of nitrogens with zero attached hydrogens (tertiary/aromatic N) is 1. The quantitative estimate of drug-likeness (QED) is 0.826. The lowest BCUT2D eigenvalue weighted by molar-refractivity contribution is -0.141. The van der Waals surface area contributed by atoms with Crippen molar-refractivity contribution in [3.8, 4) is 0 Å². The third-order valence-electron chi connectivity index (χ3n) is 4.55. The number of carbonyl (C=O) groups excluding carboxylic acids is 1. The van der Waals surface area contributed by atoms with E-state index in [0.717, 1.165) is 36.8 Å². The van der Waals surface area contributed by atoms with E-state index in [0.29, 0.717) is 12.8 Å². The molecule has 1 saturated heterocycles. The molecule has 0 atom stereocenters.